The fourth-order valence-corrected chi connectivity index (χ4v) is 3.41. The van der Waals surface area contributed by atoms with Gasteiger partial charge in [-0.3, -0.25) is 14.8 Å². The van der Waals surface area contributed by atoms with Crippen LogP contribution in [0.15, 0.2) is 4.99 Å². The summed E-state index contributed by atoms with van der Waals surface area (Å²) in [5, 5.41) is 3.38. The fraction of sp³-hybridized carbons (Fsp3) is 0.941. The molecule has 2 saturated heterocycles. The molecule has 2 fully saturated rings. The summed E-state index contributed by atoms with van der Waals surface area (Å²) in [7, 11) is 1.72. The molecule has 27 heavy (non-hydrogen) atoms. The number of rotatable bonds is 5. The van der Waals surface area contributed by atoms with Gasteiger partial charge in [-0.2, -0.15) is 13.2 Å². The van der Waals surface area contributed by atoms with Crippen molar-refractivity contribution < 1.29 is 17.9 Å². The van der Waals surface area contributed by atoms with Gasteiger partial charge < -0.3 is 15.0 Å². The largest absolute Gasteiger partial charge is 0.403 e. The average Bonchev–Trinajstić information content (AvgIpc) is 2.62. The van der Waals surface area contributed by atoms with Crippen LogP contribution < -0.4 is 5.32 Å². The normalized spacial score (nSPS) is 22.9. The van der Waals surface area contributed by atoms with Crippen molar-refractivity contribution in [2.24, 2.45) is 10.9 Å². The average molecular weight is 507 g/mol. The van der Waals surface area contributed by atoms with E-state index in [4.69, 9.17) is 4.74 Å². The van der Waals surface area contributed by atoms with E-state index < -0.39 is 12.2 Å². The number of alkyl halides is 3. The second-order valence-corrected chi connectivity index (χ2v) is 7.19. The summed E-state index contributed by atoms with van der Waals surface area (Å²) in [4.78, 5) is 10.2. The first-order valence-electron chi connectivity index (χ1n) is 9.37. The van der Waals surface area contributed by atoms with Crippen molar-refractivity contribution in [2.75, 3.05) is 72.6 Å². The molecule has 0 spiro atoms. The van der Waals surface area contributed by atoms with Gasteiger partial charge in [-0.25, -0.2) is 0 Å². The number of ether oxygens (including phenoxy) is 1. The minimum atomic E-state index is -4.17. The van der Waals surface area contributed by atoms with Crippen LogP contribution in [0.2, 0.25) is 0 Å². The molecule has 10 heteroatoms. The quantitative estimate of drug-likeness (QED) is 0.349. The number of nitrogens with one attached hydrogen (secondary N) is 1. The van der Waals surface area contributed by atoms with Crippen molar-refractivity contribution in [3.63, 3.8) is 0 Å². The molecule has 0 radical (unpaired) electrons. The van der Waals surface area contributed by atoms with Crippen molar-refractivity contribution in [2.45, 2.75) is 26.1 Å². The zero-order chi connectivity index (χ0) is 19.2. The SMILES string of the molecule is CN=C(NCC(C)CN1CCOCC1)N1CCN(C(C)C(F)(F)F)CC1.I. The molecule has 0 aromatic carbocycles. The third kappa shape index (κ3) is 7.90. The Morgan fingerprint density at radius 3 is 2.19 bits per heavy atom. The standard InChI is InChI=1S/C17H32F3N5O.HI/c1-14(13-23-8-10-26-11-9-23)12-22-16(21-3)25-6-4-24(5-7-25)15(2)17(18,19)20;/h14-15H,4-13H2,1-3H3,(H,21,22);1H. The van der Waals surface area contributed by atoms with Gasteiger partial charge >= 0.3 is 6.18 Å². The molecule has 2 aliphatic heterocycles. The number of guanidine groups is 1. The first kappa shape index (κ1) is 24.7. The molecule has 1 N–H and O–H groups in total. The second-order valence-electron chi connectivity index (χ2n) is 7.19. The van der Waals surface area contributed by atoms with Crippen molar-refractivity contribution in [1.29, 1.82) is 0 Å². The highest BCUT2D eigenvalue weighted by Crippen LogP contribution is 2.25. The van der Waals surface area contributed by atoms with Crippen LogP contribution in [0.1, 0.15) is 13.8 Å². The number of piperazine rings is 1. The van der Waals surface area contributed by atoms with Gasteiger partial charge in [-0.15, -0.1) is 24.0 Å². The Kier molecular flexibility index (Phi) is 10.6. The summed E-state index contributed by atoms with van der Waals surface area (Å²) < 4.78 is 43.9. The first-order valence-corrected chi connectivity index (χ1v) is 9.37. The zero-order valence-electron chi connectivity index (χ0n) is 16.5. The topological polar surface area (TPSA) is 43.3 Å². The summed E-state index contributed by atoms with van der Waals surface area (Å²) >= 11 is 0. The molecule has 0 aromatic rings. The number of aliphatic imine (C=N–C) groups is 1. The highest BCUT2D eigenvalue weighted by Gasteiger charge is 2.41. The third-order valence-corrected chi connectivity index (χ3v) is 5.13. The van der Waals surface area contributed by atoms with Crippen LogP contribution >= 0.6 is 24.0 Å². The van der Waals surface area contributed by atoms with E-state index in [0.717, 1.165) is 45.4 Å². The molecule has 0 bridgehead atoms. The molecule has 0 amide bonds. The molecule has 2 aliphatic rings. The number of hydrogen-bond acceptors (Lipinski definition) is 4. The molecule has 2 unspecified atom stereocenters. The molecule has 2 heterocycles. The van der Waals surface area contributed by atoms with E-state index in [9.17, 15) is 13.2 Å². The predicted molar refractivity (Wildman–Crippen MR) is 112 cm³/mol. The number of nitrogens with zero attached hydrogens (tertiary/aromatic N) is 4. The molecule has 0 aliphatic carbocycles. The highest BCUT2D eigenvalue weighted by molar-refractivity contribution is 14.0. The third-order valence-electron chi connectivity index (χ3n) is 5.13. The summed E-state index contributed by atoms with van der Waals surface area (Å²) in [5.41, 5.74) is 0. The van der Waals surface area contributed by atoms with Gasteiger partial charge in [0.2, 0.25) is 0 Å². The summed E-state index contributed by atoms with van der Waals surface area (Å²) in [5.74, 6) is 1.23. The van der Waals surface area contributed by atoms with Gasteiger partial charge in [0.15, 0.2) is 5.96 Å². The predicted octanol–water partition coefficient (Wildman–Crippen LogP) is 1.72. The molecule has 6 nitrogen and oxygen atoms in total. The van der Waals surface area contributed by atoms with E-state index in [1.807, 2.05) is 4.90 Å². The summed E-state index contributed by atoms with van der Waals surface area (Å²) in [6.07, 6.45) is -4.17. The summed E-state index contributed by atoms with van der Waals surface area (Å²) in [6.45, 7) is 10.6. The highest BCUT2D eigenvalue weighted by atomic mass is 127. The minimum absolute atomic E-state index is 0. The zero-order valence-corrected chi connectivity index (χ0v) is 18.8. The number of morpholine rings is 1. The maximum absolute atomic E-state index is 12.9. The van der Waals surface area contributed by atoms with Gasteiger partial charge in [0.25, 0.3) is 0 Å². The van der Waals surface area contributed by atoms with Crippen molar-refractivity contribution >= 4 is 29.9 Å². The molecule has 0 aromatic heterocycles. The monoisotopic (exact) mass is 507 g/mol. The lowest BCUT2D eigenvalue weighted by atomic mass is 10.1. The van der Waals surface area contributed by atoms with Crippen LogP contribution in [0, 0.1) is 5.92 Å². The van der Waals surface area contributed by atoms with Gasteiger partial charge in [0, 0.05) is 59.4 Å². The second kappa shape index (κ2) is 11.6. The van der Waals surface area contributed by atoms with Gasteiger partial charge in [0.1, 0.15) is 6.04 Å². The molecule has 2 rings (SSSR count). The van der Waals surface area contributed by atoms with Crippen LogP contribution in [0.25, 0.3) is 0 Å². The Morgan fingerprint density at radius 2 is 1.67 bits per heavy atom. The molecular formula is C17H33F3IN5O. The maximum Gasteiger partial charge on any atom is 0.403 e. The maximum atomic E-state index is 12.9. The van der Waals surface area contributed by atoms with E-state index in [2.05, 4.69) is 22.1 Å². The van der Waals surface area contributed by atoms with E-state index in [1.165, 1.54) is 11.8 Å². The Labute approximate surface area is 177 Å². The minimum Gasteiger partial charge on any atom is -0.379 e. The first-order chi connectivity index (χ1) is 12.3. The lowest BCUT2D eigenvalue weighted by Crippen LogP contribution is -2.57. The van der Waals surface area contributed by atoms with Crippen LogP contribution in [-0.4, -0.2) is 105 Å². The van der Waals surface area contributed by atoms with Crippen LogP contribution in [0.5, 0.6) is 0 Å². The number of hydrogen-bond donors (Lipinski definition) is 1. The Bertz CT molecular complexity index is 452. The lowest BCUT2D eigenvalue weighted by Gasteiger charge is -2.40. The van der Waals surface area contributed by atoms with E-state index in [-0.39, 0.29) is 24.0 Å². The Hall–Kier alpha value is -0.330. The fourth-order valence-electron chi connectivity index (χ4n) is 3.41. The van der Waals surface area contributed by atoms with E-state index >= 15 is 0 Å². The van der Waals surface area contributed by atoms with Gasteiger partial charge in [-0.05, 0) is 12.8 Å². The van der Waals surface area contributed by atoms with Crippen LogP contribution in [-0.2, 0) is 4.74 Å². The van der Waals surface area contributed by atoms with Crippen molar-refractivity contribution in [3.05, 3.63) is 0 Å². The lowest BCUT2D eigenvalue weighted by molar-refractivity contribution is -0.181. The van der Waals surface area contributed by atoms with Crippen LogP contribution in [0.3, 0.4) is 0 Å². The molecule has 2 atom stereocenters. The van der Waals surface area contributed by atoms with E-state index in [1.54, 1.807) is 7.05 Å². The van der Waals surface area contributed by atoms with Gasteiger partial charge in [0.05, 0.1) is 13.2 Å². The Balaban J connectivity index is 0.00000364. The number of halogens is 4. The van der Waals surface area contributed by atoms with Crippen molar-refractivity contribution in [3.8, 4) is 0 Å². The van der Waals surface area contributed by atoms with Crippen molar-refractivity contribution in [1.82, 2.24) is 20.0 Å². The van der Waals surface area contributed by atoms with Gasteiger partial charge in [-0.1, -0.05) is 6.92 Å². The molecular weight excluding hydrogens is 474 g/mol. The molecule has 0 saturated carbocycles. The Morgan fingerprint density at radius 1 is 1.07 bits per heavy atom. The van der Waals surface area contributed by atoms with Crippen LogP contribution in [0.4, 0.5) is 13.2 Å². The van der Waals surface area contributed by atoms with E-state index in [0.29, 0.717) is 32.1 Å². The molecule has 160 valence electrons. The summed E-state index contributed by atoms with van der Waals surface area (Å²) in [6, 6.07) is -1.40. The smallest absolute Gasteiger partial charge is 0.379 e.